The number of nitrogens with zero attached hydrogens (tertiary/aromatic N) is 2. The summed E-state index contributed by atoms with van der Waals surface area (Å²) in [5.74, 6) is -1.96. The van der Waals surface area contributed by atoms with Crippen LogP contribution in [0.4, 0.5) is 10.1 Å². The molecule has 0 radical (unpaired) electrons. The predicted molar refractivity (Wildman–Crippen MR) is 83.2 cm³/mol. The van der Waals surface area contributed by atoms with Crippen LogP contribution in [0.5, 0.6) is 0 Å². The molecule has 3 rings (SSSR count). The van der Waals surface area contributed by atoms with Gasteiger partial charge in [0.15, 0.2) is 0 Å². The second kappa shape index (κ2) is 5.85. The van der Waals surface area contributed by atoms with E-state index in [1.165, 1.54) is 17.3 Å². The Hall–Kier alpha value is -2.67. The Morgan fingerprint density at radius 3 is 2.78 bits per heavy atom. The first-order valence-electron chi connectivity index (χ1n) is 7.18. The molecule has 0 saturated heterocycles. The van der Waals surface area contributed by atoms with E-state index in [1.54, 1.807) is 4.57 Å². The van der Waals surface area contributed by atoms with Crippen molar-refractivity contribution >= 4 is 22.6 Å². The second-order valence-corrected chi connectivity index (χ2v) is 5.11. The number of rotatable bonds is 3. The highest BCUT2D eigenvalue weighted by Gasteiger charge is 2.19. The summed E-state index contributed by atoms with van der Waals surface area (Å²) < 4.78 is 16.0. The maximum Gasteiger partial charge on any atom is 0.341 e. The number of hydroxylamine groups is 1. The molecular formula is C16H15FN2O4. The molecule has 2 heterocycles. The van der Waals surface area contributed by atoms with E-state index in [9.17, 15) is 14.0 Å². The third-order valence-corrected chi connectivity index (χ3v) is 3.75. The van der Waals surface area contributed by atoms with Crippen LogP contribution in [0.2, 0.25) is 0 Å². The van der Waals surface area contributed by atoms with Crippen LogP contribution in [-0.4, -0.2) is 28.8 Å². The number of hydrogen-bond acceptors (Lipinski definition) is 4. The highest BCUT2D eigenvalue weighted by molar-refractivity contribution is 5.93. The van der Waals surface area contributed by atoms with Crippen molar-refractivity contribution in [2.45, 2.75) is 13.5 Å². The van der Waals surface area contributed by atoms with Gasteiger partial charge in [0.05, 0.1) is 18.7 Å². The lowest BCUT2D eigenvalue weighted by Crippen LogP contribution is -2.28. The summed E-state index contributed by atoms with van der Waals surface area (Å²) in [5, 5.41) is 10.6. The number of carbonyl (C=O) groups is 1. The quantitative estimate of drug-likeness (QED) is 0.878. The van der Waals surface area contributed by atoms with E-state index in [4.69, 9.17) is 9.94 Å². The Labute approximate surface area is 131 Å². The first-order valence-corrected chi connectivity index (χ1v) is 7.18. The van der Waals surface area contributed by atoms with Crippen molar-refractivity contribution < 1.29 is 19.1 Å². The van der Waals surface area contributed by atoms with Gasteiger partial charge in [0, 0.05) is 18.1 Å². The Morgan fingerprint density at radius 2 is 2.17 bits per heavy atom. The van der Waals surface area contributed by atoms with Crippen LogP contribution in [0.3, 0.4) is 0 Å². The number of carboxylic acid groups (broad SMARTS) is 1. The number of hydrogen-bond donors (Lipinski definition) is 1. The number of pyridine rings is 1. The van der Waals surface area contributed by atoms with Gasteiger partial charge in [-0.25, -0.2) is 14.2 Å². The number of anilines is 1. The first kappa shape index (κ1) is 15.2. The van der Waals surface area contributed by atoms with Crippen molar-refractivity contribution in [3.05, 3.63) is 52.1 Å². The van der Waals surface area contributed by atoms with Crippen LogP contribution < -0.4 is 10.5 Å². The highest BCUT2D eigenvalue weighted by Crippen LogP contribution is 2.26. The molecule has 0 unspecified atom stereocenters. The molecule has 0 aliphatic carbocycles. The average molecular weight is 318 g/mol. The smallest absolute Gasteiger partial charge is 0.341 e. The molecule has 0 spiro atoms. The van der Waals surface area contributed by atoms with Crippen LogP contribution in [0, 0.1) is 5.82 Å². The molecular weight excluding hydrogens is 303 g/mol. The Morgan fingerprint density at radius 1 is 1.39 bits per heavy atom. The molecule has 6 nitrogen and oxygen atoms in total. The minimum Gasteiger partial charge on any atom is -0.477 e. The van der Waals surface area contributed by atoms with Gasteiger partial charge in [0.2, 0.25) is 5.43 Å². The molecule has 1 N–H and O–H groups in total. The van der Waals surface area contributed by atoms with Crippen molar-refractivity contribution in [1.29, 1.82) is 0 Å². The van der Waals surface area contributed by atoms with E-state index in [2.05, 4.69) is 0 Å². The Kier molecular flexibility index (Phi) is 3.87. The van der Waals surface area contributed by atoms with Gasteiger partial charge in [-0.15, -0.1) is 0 Å². The minimum absolute atomic E-state index is 0.0422. The standard InChI is InChI=1S/C16H15FN2O4/c1-2-18-9-11(16(21)22)15(20)10-7-12(17)14(8-13(10)18)19-5-3-4-6-23-19/h3-4,7-9H,2,5-6H2,1H3,(H,21,22). The average Bonchev–Trinajstić information content (AvgIpc) is 2.55. The number of aryl methyl sites for hydroxylation is 1. The minimum atomic E-state index is -1.33. The van der Waals surface area contributed by atoms with Crippen molar-refractivity contribution in [1.82, 2.24) is 4.57 Å². The van der Waals surface area contributed by atoms with Crippen molar-refractivity contribution in [2.75, 3.05) is 18.2 Å². The molecule has 1 aliphatic rings. The molecule has 0 saturated carbocycles. The topological polar surface area (TPSA) is 71.8 Å². The highest BCUT2D eigenvalue weighted by atomic mass is 19.1. The van der Waals surface area contributed by atoms with E-state index >= 15 is 0 Å². The zero-order valence-electron chi connectivity index (χ0n) is 12.5. The SMILES string of the molecule is CCn1cc(C(=O)O)c(=O)c2cc(F)c(N3CC=CCO3)cc21. The normalized spacial score (nSPS) is 14.4. The predicted octanol–water partition coefficient (Wildman–Crippen LogP) is 2.17. The number of fused-ring (bicyclic) bond motifs is 1. The lowest BCUT2D eigenvalue weighted by molar-refractivity contribution is 0.0695. The van der Waals surface area contributed by atoms with Crippen LogP contribution in [0.15, 0.2) is 35.3 Å². The number of carboxylic acids is 1. The number of benzene rings is 1. The van der Waals surface area contributed by atoms with Gasteiger partial charge in [0.1, 0.15) is 17.1 Å². The van der Waals surface area contributed by atoms with Gasteiger partial charge in [-0.1, -0.05) is 12.2 Å². The molecule has 120 valence electrons. The third-order valence-electron chi connectivity index (χ3n) is 3.75. The van der Waals surface area contributed by atoms with Crippen molar-refractivity contribution in [2.24, 2.45) is 0 Å². The van der Waals surface area contributed by atoms with Crippen LogP contribution in [-0.2, 0) is 11.4 Å². The van der Waals surface area contributed by atoms with Crippen molar-refractivity contribution in [3.8, 4) is 0 Å². The monoisotopic (exact) mass is 318 g/mol. The zero-order valence-corrected chi connectivity index (χ0v) is 12.5. The summed E-state index contributed by atoms with van der Waals surface area (Å²) in [4.78, 5) is 28.8. The lowest BCUT2D eigenvalue weighted by Gasteiger charge is -2.25. The number of aromatic nitrogens is 1. The largest absolute Gasteiger partial charge is 0.477 e. The molecule has 0 amide bonds. The summed E-state index contributed by atoms with van der Waals surface area (Å²) in [6.45, 7) is 3.00. The number of aromatic carboxylic acids is 1. The number of halogens is 1. The van der Waals surface area contributed by atoms with E-state index in [0.29, 0.717) is 25.2 Å². The van der Waals surface area contributed by atoms with Crippen LogP contribution in [0.25, 0.3) is 10.9 Å². The maximum absolute atomic E-state index is 14.4. The van der Waals surface area contributed by atoms with Gasteiger partial charge in [0.25, 0.3) is 0 Å². The molecule has 23 heavy (non-hydrogen) atoms. The van der Waals surface area contributed by atoms with Gasteiger partial charge >= 0.3 is 5.97 Å². The fourth-order valence-electron chi connectivity index (χ4n) is 2.60. The first-order chi connectivity index (χ1) is 11.0. The zero-order chi connectivity index (χ0) is 16.6. The molecule has 0 fully saturated rings. The summed E-state index contributed by atoms with van der Waals surface area (Å²) in [6, 6.07) is 2.59. The summed E-state index contributed by atoms with van der Waals surface area (Å²) >= 11 is 0. The molecule has 1 aromatic heterocycles. The Balaban J connectivity index is 2.27. The van der Waals surface area contributed by atoms with Gasteiger partial charge in [-0.05, 0) is 19.1 Å². The molecule has 1 aliphatic heterocycles. The van der Waals surface area contributed by atoms with Crippen LogP contribution >= 0.6 is 0 Å². The molecule has 0 atom stereocenters. The summed E-state index contributed by atoms with van der Waals surface area (Å²) in [6.07, 6.45) is 4.97. The van der Waals surface area contributed by atoms with Gasteiger partial charge in [-0.3, -0.25) is 9.63 Å². The molecule has 1 aromatic carbocycles. The molecule has 2 aromatic rings. The Bertz CT molecular complexity index is 872. The summed E-state index contributed by atoms with van der Waals surface area (Å²) in [7, 11) is 0. The summed E-state index contributed by atoms with van der Waals surface area (Å²) in [5.41, 5.74) is -0.380. The maximum atomic E-state index is 14.4. The van der Waals surface area contributed by atoms with E-state index < -0.39 is 17.2 Å². The van der Waals surface area contributed by atoms with Crippen LogP contribution in [0.1, 0.15) is 17.3 Å². The fourth-order valence-corrected chi connectivity index (χ4v) is 2.60. The second-order valence-electron chi connectivity index (χ2n) is 5.11. The van der Waals surface area contributed by atoms with E-state index in [-0.39, 0.29) is 16.6 Å². The van der Waals surface area contributed by atoms with E-state index in [1.807, 2.05) is 19.1 Å². The van der Waals surface area contributed by atoms with Gasteiger partial charge < -0.3 is 9.67 Å². The lowest BCUT2D eigenvalue weighted by atomic mass is 10.1. The molecule has 0 bridgehead atoms. The van der Waals surface area contributed by atoms with Gasteiger partial charge in [-0.2, -0.15) is 0 Å². The molecule has 7 heteroatoms. The third kappa shape index (κ3) is 2.59. The van der Waals surface area contributed by atoms with Crippen molar-refractivity contribution in [3.63, 3.8) is 0 Å². The fraction of sp³-hybridized carbons (Fsp3) is 0.250. The van der Waals surface area contributed by atoms with E-state index in [0.717, 1.165) is 6.07 Å².